The lowest BCUT2D eigenvalue weighted by atomic mass is 10.1. The summed E-state index contributed by atoms with van der Waals surface area (Å²) in [6.07, 6.45) is 0. The van der Waals surface area contributed by atoms with E-state index in [1.807, 2.05) is 42.5 Å². The molecule has 3 aromatic carbocycles. The summed E-state index contributed by atoms with van der Waals surface area (Å²) < 4.78 is 9.01. The van der Waals surface area contributed by atoms with E-state index in [1.54, 1.807) is 11.8 Å². The van der Waals surface area contributed by atoms with Gasteiger partial charge in [0.05, 0.1) is 12.3 Å². The van der Waals surface area contributed by atoms with Gasteiger partial charge >= 0.3 is 0 Å². The lowest BCUT2D eigenvalue weighted by Crippen LogP contribution is -2.04. The van der Waals surface area contributed by atoms with Gasteiger partial charge in [0.2, 0.25) is 0 Å². The molecule has 0 saturated carbocycles. The van der Waals surface area contributed by atoms with Crippen LogP contribution in [-0.4, -0.2) is 27.1 Å². The Morgan fingerprint density at radius 3 is 2.50 bits per heavy atom. The molecule has 0 N–H and O–H groups in total. The fourth-order valence-corrected chi connectivity index (χ4v) is 4.23. The average molecular weight is 480 g/mol. The molecule has 0 atom stereocenters. The number of rotatable bonds is 7. The second-order valence-electron chi connectivity index (χ2n) is 6.93. The molecule has 0 bridgehead atoms. The summed E-state index contributed by atoms with van der Waals surface area (Å²) in [6.45, 7) is 4.84. The monoisotopic (exact) mass is 479 g/mol. The van der Waals surface area contributed by atoms with Crippen LogP contribution in [0.4, 0.5) is 0 Å². The molecule has 0 aliphatic heterocycles. The minimum Gasteiger partial charge on any atom is -0.493 e. The predicted molar refractivity (Wildman–Crippen MR) is 127 cm³/mol. The van der Waals surface area contributed by atoms with Crippen LogP contribution in [0.25, 0.3) is 17.1 Å². The molecule has 0 amide bonds. The fourth-order valence-electron chi connectivity index (χ4n) is 3.08. The number of thioether (sulfide) groups is 1. The van der Waals surface area contributed by atoms with Crippen LogP contribution in [0.1, 0.15) is 11.1 Å². The topological polar surface area (TPSA) is 39.9 Å². The van der Waals surface area contributed by atoms with Crippen molar-refractivity contribution in [3.63, 3.8) is 0 Å². The average Bonchev–Trinajstić information content (AvgIpc) is 3.18. The Morgan fingerprint density at radius 1 is 0.900 bits per heavy atom. The van der Waals surface area contributed by atoms with Gasteiger partial charge in [-0.25, -0.2) is 0 Å². The van der Waals surface area contributed by atoms with Crippen LogP contribution in [-0.2, 0) is 0 Å². The second kappa shape index (κ2) is 9.49. The number of hydrogen-bond donors (Lipinski definition) is 0. The van der Waals surface area contributed by atoms with Crippen LogP contribution in [0.5, 0.6) is 5.75 Å². The first-order chi connectivity index (χ1) is 14.6. The Labute approximate surface area is 189 Å². The molecule has 1 aromatic heterocycles. The Hall–Kier alpha value is -2.57. The zero-order valence-corrected chi connectivity index (χ0v) is 19.3. The number of halogens is 1. The van der Waals surface area contributed by atoms with E-state index < -0.39 is 0 Å². The van der Waals surface area contributed by atoms with Crippen molar-refractivity contribution in [3.05, 3.63) is 88.4 Å². The fraction of sp³-hybridized carbons (Fsp3) is 0.167. The third kappa shape index (κ3) is 4.77. The van der Waals surface area contributed by atoms with Gasteiger partial charge in [-0.1, -0.05) is 70.2 Å². The Balaban J connectivity index is 1.58. The Bertz CT molecular complexity index is 1140. The molecule has 152 valence electrons. The van der Waals surface area contributed by atoms with Crippen LogP contribution in [0.15, 0.2) is 82.4 Å². The first kappa shape index (κ1) is 20.7. The summed E-state index contributed by atoms with van der Waals surface area (Å²) in [4.78, 5) is 0. The molecule has 0 radical (unpaired) electrons. The lowest BCUT2D eigenvalue weighted by molar-refractivity contribution is 0.343. The third-order valence-electron chi connectivity index (χ3n) is 4.79. The molecular weight excluding hydrogens is 458 g/mol. The minimum atomic E-state index is 0.585. The predicted octanol–water partition coefficient (Wildman–Crippen LogP) is 6.48. The van der Waals surface area contributed by atoms with Gasteiger partial charge in [-0.3, -0.25) is 4.57 Å². The van der Waals surface area contributed by atoms with E-state index >= 15 is 0 Å². The largest absolute Gasteiger partial charge is 0.493 e. The van der Waals surface area contributed by atoms with Gasteiger partial charge in [0.25, 0.3) is 0 Å². The molecule has 6 heteroatoms. The summed E-state index contributed by atoms with van der Waals surface area (Å²) in [5, 5.41) is 9.86. The van der Waals surface area contributed by atoms with E-state index in [-0.39, 0.29) is 0 Å². The number of benzene rings is 3. The van der Waals surface area contributed by atoms with Crippen molar-refractivity contribution in [2.45, 2.75) is 19.0 Å². The first-order valence-electron chi connectivity index (χ1n) is 9.71. The van der Waals surface area contributed by atoms with Crippen molar-refractivity contribution in [1.29, 1.82) is 0 Å². The van der Waals surface area contributed by atoms with Crippen LogP contribution >= 0.6 is 27.7 Å². The second-order valence-corrected chi connectivity index (χ2v) is 8.91. The van der Waals surface area contributed by atoms with Gasteiger partial charge in [0, 0.05) is 15.8 Å². The maximum atomic E-state index is 5.87. The van der Waals surface area contributed by atoms with Crippen molar-refractivity contribution in [2.75, 3.05) is 12.4 Å². The molecule has 4 nitrogen and oxygen atoms in total. The number of ether oxygens (including phenoxy) is 1. The van der Waals surface area contributed by atoms with E-state index in [4.69, 9.17) is 4.74 Å². The quantitative estimate of drug-likeness (QED) is 0.224. The summed E-state index contributed by atoms with van der Waals surface area (Å²) in [5.41, 5.74) is 4.62. The van der Waals surface area contributed by atoms with Crippen molar-refractivity contribution >= 4 is 27.7 Å². The van der Waals surface area contributed by atoms with Crippen LogP contribution in [0.3, 0.4) is 0 Å². The van der Waals surface area contributed by atoms with E-state index in [1.165, 1.54) is 11.1 Å². The lowest BCUT2D eigenvalue weighted by Gasteiger charge is -2.12. The molecule has 0 aliphatic carbocycles. The Morgan fingerprint density at radius 2 is 1.73 bits per heavy atom. The standard InChI is InChI=1S/C24H22BrN3OS/c1-17-11-12-21(15-18(17)2)28-23(19-7-4-3-5-8-19)26-27-24(28)30-14-13-29-22-10-6-9-20(25)16-22/h3-12,15-16H,13-14H2,1-2H3. The molecule has 0 aliphatic rings. The SMILES string of the molecule is Cc1ccc(-n2c(SCCOc3cccc(Br)c3)nnc2-c2ccccc2)cc1C. The van der Waals surface area contributed by atoms with Crippen molar-refractivity contribution in [1.82, 2.24) is 14.8 Å². The number of nitrogens with zero attached hydrogens (tertiary/aromatic N) is 3. The third-order valence-corrected chi connectivity index (χ3v) is 6.18. The zero-order chi connectivity index (χ0) is 20.9. The normalized spacial score (nSPS) is 10.9. The Kier molecular flexibility index (Phi) is 6.55. The highest BCUT2D eigenvalue weighted by Gasteiger charge is 2.16. The summed E-state index contributed by atoms with van der Waals surface area (Å²) in [5.74, 6) is 2.46. The summed E-state index contributed by atoms with van der Waals surface area (Å²) in [6, 6.07) is 24.5. The van der Waals surface area contributed by atoms with Crippen molar-refractivity contribution in [2.24, 2.45) is 0 Å². The summed E-state index contributed by atoms with van der Waals surface area (Å²) in [7, 11) is 0. The maximum Gasteiger partial charge on any atom is 0.196 e. The molecule has 0 saturated heterocycles. The van der Waals surface area contributed by atoms with Gasteiger partial charge in [0.1, 0.15) is 5.75 Å². The molecule has 4 aromatic rings. The van der Waals surface area contributed by atoms with Gasteiger partial charge in [-0.05, 0) is 55.3 Å². The van der Waals surface area contributed by atoms with E-state index in [0.29, 0.717) is 6.61 Å². The molecule has 1 heterocycles. The maximum absolute atomic E-state index is 5.87. The highest BCUT2D eigenvalue weighted by molar-refractivity contribution is 9.10. The van der Waals surface area contributed by atoms with Crippen molar-refractivity contribution in [3.8, 4) is 22.8 Å². The summed E-state index contributed by atoms with van der Waals surface area (Å²) >= 11 is 5.12. The van der Waals surface area contributed by atoms with Gasteiger partial charge in [0.15, 0.2) is 11.0 Å². The first-order valence-corrected chi connectivity index (χ1v) is 11.5. The highest BCUT2D eigenvalue weighted by Crippen LogP contribution is 2.29. The minimum absolute atomic E-state index is 0.585. The van der Waals surface area contributed by atoms with Crippen molar-refractivity contribution < 1.29 is 4.74 Å². The molecule has 30 heavy (non-hydrogen) atoms. The number of hydrogen-bond acceptors (Lipinski definition) is 4. The van der Waals surface area contributed by atoms with Crippen LogP contribution < -0.4 is 4.74 Å². The number of aryl methyl sites for hydroxylation is 2. The molecular formula is C24H22BrN3OS. The van der Waals surface area contributed by atoms with Crippen LogP contribution in [0.2, 0.25) is 0 Å². The molecule has 0 unspecified atom stereocenters. The van der Waals surface area contributed by atoms with E-state index in [9.17, 15) is 0 Å². The zero-order valence-electron chi connectivity index (χ0n) is 16.9. The highest BCUT2D eigenvalue weighted by atomic mass is 79.9. The van der Waals surface area contributed by atoms with Gasteiger partial charge < -0.3 is 4.74 Å². The van der Waals surface area contributed by atoms with E-state index in [0.717, 1.165) is 38.2 Å². The van der Waals surface area contributed by atoms with Crippen LogP contribution in [0, 0.1) is 13.8 Å². The van der Waals surface area contributed by atoms with E-state index in [2.05, 4.69) is 74.9 Å². The van der Waals surface area contributed by atoms with Gasteiger partial charge in [-0.2, -0.15) is 0 Å². The molecule has 0 fully saturated rings. The molecule has 4 rings (SSSR count). The number of aromatic nitrogens is 3. The van der Waals surface area contributed by atoms with Gasteiger partial charge in [-0.15, -0.1) is 10.2 Å². The smallest absolute Gasteiger partial charge is 0.196 e. The molecule has 0 spiro atoms.